The summed E-state index contributed by atoms with van der Waals surface area (Å²) in [4.78, 5) is 30.0. The second kappa shape index (κ2) is 11.9. The predicted molar refractivity (Wildman–Crippen MR) is 148 cm³/mol. The Morgan fingerprint density at radius 3 is 2.28 bits per heavy atom. The van der Waals surface area contributed by atoms with Crippen molar-refractivity contribution in [3.05, 3.63) is 76.8 Å². The maximum absolute atomic E-state index is 14.1. The topological polar surface area (TPSA) is 126 Å². The molecule has 39 heavy (non-hydrogen) atoms. The van der Waals surface area contributed by atoms with E-state index in [1.165, 1.54) is 16.7 Å². The van der Waals surface area contributed by atoms with Crippen molar-refractivity contribution in [1.29, 1.82) is 0 Å². The van der Waals surface area contributed by atoms with Gasteiger partial charge in [0.05, 0.1) is 22.7 Å². The van der Waals surface area contributed by atoms with Crippen molar-refractivity contribution in [2.24, 2.45) is 0 Å². The average Bonchev–Trinajstić information content (AvgIpc) is 3.25. The first-order valence-corrected chi connectivity index (χ1v) is 15.0. The van der Waals surface area contributed by atoms with E-state index in [0.29, 0.717) is 50.3 Å². The minimum atomic E-state index is -3.80. The molecular weight excluding hydrogens is 518 g/mol. The number of aromatic nitrogens is 2. The van der Waals surface area contributed by atoms with Crippen LogP contribution in [0.25, 0.3) is 11.3 Å². The molecule has 208 valence electrons. The number of nitrogens with zero attached hydrogens (tertiary/aromatic N) is 3. The summed E-state index contributed by atoms with van der Waals surface area (Å²) in [5, 5.41) is 14.2. The third-order valence-corrected chi connectivity index (χ3v) is 9.01. The fourth-order valence-electron chi connectivity index (χ4n) is 5.55. The summed E-state index contributed by atoms with van der Waals surface area (Å²) < 4.78 is 31.2. The number of amides is 1. The summed E-state index contributed by atoms with van der Waals surface area (Å²) in [6, 6.07) is 16.8. The molecule has 1 aromatic heterocycles. The Morgan fingerprint density at radius 1 is 0.974 bits per heavy atom. The molecule has 2 heterocycles. The third-order valence-electron chi connectivity index (χ3n) is 7.53. The van der Waals surface area contributed by atoms with Gasteiger partial charge in [0.25, 0.3) is 5.91 Å². The molecule has 5 rings (SSSR count). The molecule has 2 aromatic carbocycles. The zero-order chi connectivity index (χ0) is 27.4. The molecule has 1 aliphatic carbocycles. The van der Waals surface area contributed by atoms with E-state index >= 15 is 0 Å². The van der Waals surface area contributed by atoms with Crippen LogP contribution in [0, 0.1) is 0 Å². The number of carbonyl (C=O) groups is 1. The molecule has 1 unspecified atom stereocenters. The number of hydrogen-bond donors (Lipinski definition) is 3. The molecule has 3 aromatic rings. The van der Waals surface area contributed by atoms with Crippen LogP contribution in [0.5, 0.6) is 0 Å². The molecule has 10 nitrogen and oxygen atoms in total. The molecule has 0 radical (unpaired) electrons. The van der Waals surface area contributed by atoms with Crippen LogP contribution >= 0.6 is 0 Å². The highest BCUT2D eigenvalue weighted by Crippen LogP contribution is 2.34. The van der Waals surface area contributed by atoms with Crippen molar-refractivity contribution in [3.63, 3.8) is 0 Å². The third kappa shape index (κ3) is 5.72. The maximum Gasteiger partial charge on any atom is 0.329 e. The number of imidazole rings is 1. The van der Waals surface area contributed by atoms with E-state index in [1.807, 2.05) is 30.3 Å². The van der Waals surface area contributed by atoms with E-state index in [1.54, 1.807) is 27.7 Å². The second-order valence-corrected chi connectivity index (χ2v) is 11.8. The lowest BCUT2D eigenvalue weighted by Crippen LogP contribution is -2.47. The number of hydrogen-bond acceptors (Lipinski definition) is 6. The summed E-state index contributed by atoms with van der Waals surface area (Å²) in [6.07, 6.45) is 2.22. The van der Waals surface area contributed by atoms with Gasteiger partial charge in [-0.25, -0.2) is 17.9 Å². The fraction of sp³-hybridized carbons (Fsp3) is 0.429. The lowest BCUT2D eigenvalue weighted by Gasteiger charge is -2.30. The zero-order valence-corrected chi connectivity index (χ0v) is 22.6. The van der Waals surface area contributed by atoms with Crippen LogP contribution < -0.4 is 15.7 Å². The highest BCUT2D eigenvalue weighted by molar-refractivity contribution is 7.89. The van der Waals surface area contributed by atoms with E-state index in [4.69, 9.17) is 0 Å². The summed E-state index contributed by atoms with van der Waals surface area (Å²) >= 11 is 0. The van der Waals surface area contributed by atoms with Gasteiger partial charge < -0.3 is 15.3 Å². The van der Waals surface area contributed by atoms with Crippen LogP contribution in [0.15, 0.2) is 70.4 Å². The predicted octanol–water partition coefficient (Wildman–Crippen LogP) is 1.82. The summed E-state index contributed by atoms with van der Waals surface area (Å²) in [5.74, 6) is -0.276. The highest BCUT2D eigenvalue weighted by Gasteiger charge is 2.35. The highest BCUT2D eigenvalue weighted by atomic mass is 32.2. The Hall–Kier alpha value is -3.25. The van der Waals surface area contributed by atoms with Gasteiger partial charge in [-0.1, -0.05) is 61.4 Å². The minimum Gasteiger partial charge on any atom is -0.391 e. The fourth-order valence-corrected chi connectivity index (χ4v) is 6.59. The molecular formula is C28H35N5O5S. The van der Waals surface area contributed by atoms with Crippen LogP contribution in [-0.4, -0.2) is 72.3 Å². The van der Waals surface area contributed by atoms with E-state index in [-0.39, 0.29) is 29.6 Å². The quantitative estimate of drug-likeness (QED) is 0.391. The normalized spacial score (nSPS) is 20.2. The number of piperazine rings is 1. The number of rotatable bonds is 8. The largest absolute Gasteiger partial charge is 0.391 e. The Morgan fingerprint density at radius 2 is 1.62 bits per heavy atom. The molecule has 0 bridgehead atoms. The van der Waals surface area contributed by atoms with Gasteiger partial charge in [-0.15, -0.1) is 0 Å². The first-order chi connectivity index (χ1) is 18.9. The van der Waals surface area contributed by atoms with Crippen molar-refractivity contribution in [2.45, 2.75) is 49.3 Å². The molecule has 1 amide bonds. The van der Waals surface area contributed by atoms with Gasteiger partial charge >= 0.3 is 5.69 Å². The lowest BCUT2D eigenvalue weighted by molar-refractivity contribution is 0.0719. The molecule has 1 aliphatic heterocycles. The standard InChI is InChI=1S/C28H35N5O5S/c34-24-14-8-7-13-23(24)33-25(21-9-3-1-4-10-21)26(27(35)31-18-15-29-16-19-31)32(28(33)36)20-17-30-39(37,38)22-11-5-2-6-12-22/h1-6,9-12,23-24,29-30,34H,7-8,13-20H2/t23?,24-/m1/s1. The number of nitrogens with one attached hydrogen (secondary N) is 2. The molecule has 0 spiro atoms. The van der Waals surface area contributed by atoms with Gasteiger partial charge in [0.15, 0.2) is 0 Å². The first-order valence-electron chi connectivity index (χ1n) is 13.5. The number of benzene rings is 2. The number of aliphatic hydroxyl groups is 1. The molecule has 2 fully saturated rings. The van der Waals surface area contributed by atoms with Crippen LogP contribution in [0.4, 0.5) is 0 Å². The molecule has 11 heteroatoms. The first kappa shape index (κ1) is 27.3. The molecule has 2 atom stereocenters. The Labute approximate surface area is 228 Å². The number of carbonyl (C=O) groups excluding carboxylic acids is 1. The smallest absolute Gasteiger partial charge is 0.329 e. The van der Waals surface area contributed by atoms with Crippen molar-refractivity contribution in [1.82, 2.24) is 24.1 Å². The van der Waals surface area contributed by atoms with Gasteiger partial charge in [-0.05, 0) is 25.0 Å². The van der Waals surface area contributed by atoms with Crippen LogP contribution in [-0.2, 0) is 16.6 Å². The summed E-state index contributed by atoms with van der Waals surface area (Å²) in [6.45, 7) is 2.18. The Kier molecular flexibility index (Phi) is 8.31. The van der Waals surface area contributed by atoms with Gasteiger partial charge in [0.1, 0.15) is 5.69 Å². The zero-order valence-electron chi connectivity index (χ0n) is 21.8. The van der Waals surface area contributed by atoms with Crippen molar-refractivity contribution < 1.29 is 18.3 Å². The van der Waals surface area contributed by atoms with Gasteiger partial charge in [0, 0.05) is 44.8 Å². The number of sulfonamides is 1. The van der Waals surface area contributed by atoms with E-state index in [9.17, 15) is 23.1 Å². The monoisotopic (exact) mass is 553 g/mol. The molecule has 3 N–H and O–H groups in total. The average molecular weight is 554 g/mol. The van der Waals surface area contributed by atoms with Crippen molar-refractivity contribution >= 4 is 15.9 Å². The molecule has 1 saturated carbocycles. The van der Waals surface area contributed by atoms with Gasteiger partial charge in [-0.2, -0.15) is 0 Å². The SMILES string of the molecule is O=C(c1c(-c2ccccc2)n(C2CCCC[C@H]2O)c(=O)n1CCNS(=O)(=O)c1ccccc1)N1CCNCC1. The minimum absolute atomic E-state index is 0.0340. The lowest BCUT2D eigenvalue weighted by atomic mass is 9.92. The van der Waals surface area contributed by atoms with E-state index < -0.39 is 27.9 Å². The molecule has 2 aliphatic rings. The van der Waals surface area contributed by atoms with Crippen LogP contribution in [0.3, 0.4) is 0 Å². The van der Waals surface area contributed by atoms with Crippen molar-refractivity contribution in [2.75, 3.05) is 32.7 Å². The van der Waals surface area contributed by atoms with E-state index in [2.05, 4.69) is 10.0 Å². The molecule has 1 saturated heterocycles. The van der Waals surface area contributed by atoms with Gasteiger partial charge in [0.2, 0.25) is 10.0 Å². The van der Waals surface area contributed by atoms with Crippen LogP contribution in [0.1, 0.15) is 42.2 Å². The van der Waals surface area contributed by atoms with Gasteiger partial charge in [-0.3, -0.25) is 13.9 Å². The van der Waals surface area contributed by atoms with Crippen molar-refractivity contribution in [3.8, 4) is 11.3 Å². The Balaban J connectivity index is 1.60. The second-order valence-electron chi connectivity index (χ2n) is 10.0. The number of aliphatic hydroxyl groups excluding tert-OH is 1. The van der Waals surface area contributed by atoms with E-state index in [0.717, 1.165) is 12.8 Å². The summed E-state index contributed by atoms with van der Waals surface area (Å²) in [7, 11) is -3.80. The van der Waals surface area contributed by atoms with Crippen LogP contribution in [0.2, 0.25) is 0 Å². The maximum atomic E-state index is 14.1. The summed E-state index contributed by atoms with van der Waals surface area (Å²) in [5.41, 5.74) is 0.984. The Bertz CT molecular complexity index is 1450.